The lowest BCUT2D eigenvalue weighted by molar-refractivity contribution is -0.0450. The number of morpholine rings is 1. The van der Waals surface area contributed by atoms with Gasteiger partial charge in [0, 0.05) is 37.6 Å². The van der Waals surface area contributed by atoms with E-state index in [2.05, 4.69) is 55.0 Å². The molecule has 1 aliphatic rings. The molecule has 2 heterocycles. The summed E-state index contributed by atoms with van der Waals surface area (Å²) in [6, 6.07) is 0.513. The lowest BCUT2D eigenvalue weighted by Crippen LogP contribution is -2.42. The molecule has 0 aromatic carbocycles. The minimum absolute atomic E-state index is 0.0748. The predicted octanol–water partition coefficient (Wildman–Crippen LogP) is 1.78. The number of aromatic nitrogens is 2. The lowest BCUT2D eigenvalue weighted by Gasteiger charge is -2.34. The van der Waals surface area contributed by atoms with Crippen LogP contribution >= 0.6 is 0 Å². The van der Waals surface area contributed by atoms with Gasteiger partial charge in [0.25, 0.3) is 0 Å². The second-order valence-electron chi connectivity index (χ2n) is 6.92. The van der Waals surface area contributed by atoms with Crippen LogP contribution in [-0.4, -0.2) is 52.9 Å². The smallest absolute Gasteiger partial charge is 0.228 e. The first-order chi connectivity index (χ1) is 9.85. The normalized spacial score (nSPS) is 21.1. The van der Waals surface area contributed by atoms with E-state index in [-0.39, 0.29) is 11.6 Å². The van der Waals surface area contributed by atoms with E-state index >= 15 is 0 Å². The fourth-order valence-corrected chi connectivity index (χ4v) is 2.34. The average molecular weight is 296 g/mol. The Morgan fingerprint density at radius 1 is 1.38 bits per heavy atom. The third kappa shape index (κ3) is 5.05. The number of nitrogens with zero attached hydrogens (tertiary/aromatic N) is 3. The Bertz CT molecular complexity index is 439. The fourth-order valence-electron chi connectivity index (χ4n) is 2.34. The Kier molecular flexibility index (Phi) is 5.35. The highest BCUT2D eigenvalue weighted by atomic mass is 16.5. The molecule has 0 radical (unpaired) electrons. The minimum Gasteiger partial charge on any atom is -0.367 e. The Morgan fingerprint density at radius 2 is 2.14 bits per heavy atom. The third-order valence-electron chi connectivity index (χ3n) is 3.59. The molecule has 0 spiro atoms. The van der Waals surface area contributed by atoms with Gasteiger partial charge in [-0.25, -0.2) is 0 Å². The van der Waals surface area contributed by atoms with E-state index in [0.29, 0.717) is 17.8 Å². The predicted molar refractivity (Wildman–Crippen MR) is 81.2 cm³/mol. The van der Waals surface area contributed by atoms with E-state index in [1.54, 1.807) is 0 Å². The van der Waals surface area contributed by atoms with Crippen LogP contribution in [0.1, 0.15) is 52.4 Å². The molecule has 1 fully saturated rings. The van der Waals surface area contributed by atoms with Gasteiger partial charge in [0.2, 0.25) is 11.7 Å². The first-order valence-corrected chi connectivity index (χ1v) is 7.78. The van der Waals surface area contributed by atoms with E-state index < -0.39 is 0 Å². The summed E-state index contributed by atoms with van der Waals surface area (Å²) in [4.78, 5) is 6.86. The maximum Gasteiger partial charge on any atom is 0.228 e. The lowest BCUT2D eigenvalue weighted by atomic mass is 10.1. The van der Waals surface area contributed by atoms with Crippen LogP contribution in [0.25, 0.3) is 0 Å². The molecule has 2 rings (SSSR count). The molecule has 6 nitrogen and oxygen atoms in total. The van der Waals surface area contributed by atoms with Crippen molar-refractivity contribution in [1.29, 1.82) is 0 Å². The van der Waals surface area contributed by atoms with Crippen LogP contribution in [0.2, 0.25) is 0 Å². The highest BCUT2D eigenvalue weighted by Gasteiger charge is 2.27. The molecule has 0 saturated carbocycles. The molecule has 1 saturated heterocycles. The number of hydrogen-bond donors (Lipinski definition) is 1. The van der Waals surface area contributed by atoms with Crippen LogP contribution < -0.4 is 5.32 Å². The minimum atomic E-state index is -0.0748. The van der Waals surface area contributed by atoms with Crippen LogP contribution in [0.3, 0.4) is 0 Å². The summed E-state index contributed by atoms with van der Waals surface area (Å²) in [5.41, 5.74) is 0.104. The first kappa shape index (κ1) is 16.4. The van der Waals surface area contributed by atoms with Crippen molar-refractivity contribution in [2.75, 3.05) is 26.2 Å². The molecular weight excluding hydrogens is 268 g/mol. The van der Waals surface area contributed by atoms with Crippen LogP contribution in [0, 0.1) is 0 Å². The van der Waals surface area contributed by atoms with Crippen molar-refractivity contribution < 1.29 is 9.26 Å². The maximum absolute atomic E-state index is 5.77. The van der Waals surface area contributed by atoms with Crippen LogP contribution in [-0.2, 0) is 11.2 Å². The Balaban J connectivity index is 1.87. The van der Waals surface area contributed by atoms with Gasteiger partial charge in [-0.3, -0.25) is 4.90 Å². The standard InChI is InChI=1S/C15H28N4O2/c1-11(2)19-8-9-20-12(10-19)14-17-13(21-18-14)6-7-16-15(3,4)5/h11-12,16H,6-10H2,1-5H3. The molecule has 1 N–H and O–H groups in total. The summed E-state index contributed by atoms with van der Waals surface area (Å²) in [5.74, 6) is 1.35. The van der Waals surface area contributed by atoms with Crippen LogP contribution in [0.15, 0.2) is 4.52 Å². The molecule has 6 heteroatoms. The second kappa shape index (κ2) is 6.85. The molecule has 1 aliphatic heterocycles. The van der Waals surface area contributed by atoms with Gasteiger partial charge in [0.05, 0.1) is 6.61 Å². The van der Waals surface area contributed by atoms with Gasteiger partial charge >= 0.3 is 0 Å². The SMILES string of the molecule is CC(C)N1CCOC(c2noc(CCNC(C)(C)C)n2)C1. The molecule has 1 aromatic heterocycles. The summed E-state index contributed by atoms with van der Waals surface area (Å²) < 4.78 is 11.1. The molecule has 1 aromatic rings. The highest BCUT2D eigenvalue weighted by molar-refractivity contribution is 4.95. The average Bonchev–Trinajstić information content (AvgIpc) is 2.86. The van der Waals surface area contributed by atoms with Gasteiger partial charge in [0.15, 0.2) is 0 Å². The number of rotatable bonds is 5. The van der Waals surface area contributed by atoms with Crippen molar-refractivity contribution >= 4 is 0 Å². The van der Waals surface area contributed by atoms with Gasteiger partial charge in [-0.1, -0.05) is 5.16 Å². The van der Waals surface area contributed by atoms with E-state index in [4.69, 9.17) is 9.26 Å². The van der Waals surface area contributed by atoms with E-state index in [9.17, 15) is 0 Å². The molecule has 1 unspecified atom stereocenters. The van der Waals surface area contributed by atoms with Gasteiger partial charge in [-0.15, -0.1) is 0 Å². The van der Waals surface area contributed by atoms with Crippen molar-refractivity contribution in [3.8, 4) is 0 Å². The number of ether oxygens (including phenoxy) is 1. The van der Waals surface area contributed by atoms with Crippen molar-refractivity contribution in [1.82, 2.24) is 20.4 Å². The zero-order valence-corrected chi connectivity index (χ0v) is 13.8. The molecule has 120 valence electrons. The summed E-state index contributed by atoms with van der Waals surface area (Å²) in [6.45, 7) is 14.2. The van der Waals surface area contributed by atoms with Gasteiger partial charge in [-0.05, 0) is 34.6 Å². The summed E-state index contributed by atoms with van der Waals surface area (Å²) in [5, 5.41) is 7.50. The Hall–Kier alpha value is -0.980. The largest absolute Gasteiger partial charge is 0.367 e. The van der Waals surface area contributed by atoms with Crippen LogP contribution in [0.4, 0.5) is 0 Å². The van der Waals surface area contributed by atoms with E-state index in [1.165, 1.54) is 0 Å². The molecular formula is C15H28N4O2. The zero-order chi connectivity index (χ0) is 15.5. The van der Waals surface area contributed by atoms with Crippen molar-refractivity contribution in [3.05, 3.63) is 11.7 Å². The topological polar surface area (TPSA) is 63.4 Å². The summed E-state index contributed by atoms with van der Waals surface area (Å²) in [7, 11) is 0. The molecule has 0 bridgehead atoms. The number of nitrogens with one attached hydrogen (secondary N) is 1. The summed E-state index contributed by atoms with van der Waals surface area (Å²) >= 11 is 0. The molecule has 21 heavy (non-hydrogen) atoms. The van der Waals surface area contributed by atoms with Crippen molar-refractivity contribution in [2.45, 2.75) is 58.7 Å². The zero-order valence-electron chi connectivity index (χ0n) is 13.8. The maximum atomic E-state index is 5.77. The highest BCUT2D eigenvalue weighted by Crippen LogP contribution is 2.21. The van der Waals surface area contributed by atoms with Crippen molar-refractivity contribution in [3.63, 3.8) is 0 Å². The van der Waals surface area contributed by atoms with Crippen LogP contribution in [0.5, 0.6) is 0 Å². The van der Waals surface area contributed by atoms with E-state index in [0.717, 1.165) is 32.7 Å². The Morgan fingerprint density at radius 3 is 2.81 bits per heavy atom. The Labute approximate surface area is 127 Å². The van der Waals surface area contributed by atoms with Gasteiger partial charge < -0.3 is 14.6 Å². The molecule has 1 atom stereocenters. The van der Waals surface area contributed by atoms with Gasteiger partial charge in [-0.2, -0.15) is 4.98 Å². The second-order valence-corrected chi connectivity index (χ2v) is 6.92. The third-order valence-corrected chi connectivity index (χ3v) is 3.59. The van der Waals surface area contributed by atoms with Crippen molar-refractivity contribution in [2.24, 2.45) is 0 Å². The number of hydrogen-bond acceptors (Lipinski definition) is 6. The quantitative estimate of drug-likeness (QED) is 0.893. The van der Waals surface area contributed by atoms with E-state index in [1.807, 2.05) is 0 Å². The monoisotopic (exact) mass is 296 g/mol. The first-order valence-electron chi connectivity index (χ1n) is 7.78. The molecule has 0 aliphatic carbocycles. The molecule has 0 amide bonds. The summed E-state index contributed by atoms with van der Waals surface area (Å²) in [6.07, 6.45) is 0.666. The fraction of sp³-hybridized carbons (Fsp3) is 0.867. The van der Waals surface area contributed by atoms with Gasteiger partial charge in [0.1, 0.15) is 6.10 Å².